The van der Waals surface area contributed by atoms with E-state index in [1.54, 1.807) is 4.90 Å². The summed E-state index contributed by atoms with van der Waals surface area (Å²) in [6.45, 7) is 10.6. The molecule has 0 aliphatic carbocycles. The number of esters is 1. The van der Waals surface area contributed by atoms with Crippen LogP contribution in [0.1, 0.15) is 51.7 Å². The zero-order chi connectivity index (χ0) is 25.3. The molecule has 0 N–H and O–H groups in total. The fourth-order valence-electron chi connectivity index (χ4n) is 4.55. The van der Waals surface area contributed by atoms with Crippen molar-refractivity contribution >= 4 is 12.1 Å². The lowest BCUT2D eigenvalue weighted by atomic mass is 9.66. The average Bonchev–Trinajstić information content (AvgIpc) is 2.86. The maximum atomic E-state index is 13.7. The molecule has 190 valence electrons. The van der Waals surface area contributed by atoms with Crippen LogP contribution in [0.2, 0.25) is 0 Å². The summed E-state index contributed by atoms with van der Waals surface area (Å²) in [6.07, 6.45) is 0.725. The predicted octanol–water partition coefficient (Wildman–Crippen LogP) is 5.85. The van der Waals surface area contributed by atoms with Crippen LogP contribution in [0.25, 0.3) is 0 Å². The fourth-order valence-corrected chi connectivity index (χ4v) is 4.55. The average molecular weight is 482 g/mol. The summed E-state index contributed by atoms with van der Waals surface area (Å²) in [5.41, 5.74) is 0.902. The van der Waals surface area contributed by atoms with Gasteiger partial charge in [0.2, 0.25) is 0 Å². The summed E-state index contributed by atoms with van der Waals surface area (Å²) in [4.78, 5) is 28.5. The minimum absolute atomic E-state index is 0.102. The third kappa shape index (κ3) is 7.56. The number of hydrogen-bond donors (Lipinski definition) is 0. The molecule has 1 saturated heterocycles. The van der Waals surface area contributed by atoms with Crippen LogP contribution in [0.15, 0.2) is 60.7 Å². The number of likely N-dealkylation sites (tertiary alicyclic amines) is 1. The Hall–Kier alpha value is -2.86. The Kier molecular flexibility index (Phi) is 9.33. The maximum Gasteiger partial charge on any atom is 0.410 e. The van der Waals surface area contributed by atoms with Gasteiger partial charge in [-0.15, -0.1) is 0 Å². The number of ether oxygens (including phenoxy) is 3. The van der Waals surface area contributed by atoms with Gasteiger partial charge >= 0.3 is 12.1 Å². The van der Waals surface area contributed by atoms with E-state index in [9.17, 15) is 9.59 Å². The molecule has 6 nitrogen and oxygen atoms in total. The Labute approximate surface area is 209 Å². The minimum Gasteiger partial charge on any atom is -0.460 e. The van der Waals surface area contributed by atoms with E-state index < -0.39 is 11.5 Å². The minimum atomic E-state index is -0.855. The van der Waals surface area contributed by atoms with Gasteiger partial charge in [0, 0.05) is 26.3 Å². The molecule has 1 heterocycles. The van der Waals surface area contributed by atoms with E-state index in [0.29, 0.717) is 32.6 Å². The molecule has 0 saturated carbocycles. The highest BCUT2D eigenvalue weighted by atomic mass is 16.6. The second kappa shape index (κ2) is 12.2. The van der Waals surface area contributed by atoms with Crippen molar-refractivity contribution in [2.45, 2.75) is 53.8 Å². The molecule has 1 aliphatic rings. The first-order valence-electron chi connectivity index (χ1n) is 12.5. The molecule has 1 aliphatic heterocycles. The molecular weight excluding hydrogens is 442 g/mol. The van der Waals surface area contributed by atoms with Gasteiger partial charge in [0.05, 0.1) is 5.41 Å². The van der Waals surface area contributed by atoms with Gasteiger partial charge in [0.25, 0.3) is 0 Å². The van der Waals surface area contributed by atoms with Crippen LogP contribution in [-0.2, 0) is 32.2 Å². The smallest absolute Gasteiger partial charge is 0.410 e. The third-order valence-corrected chi connectivity index (χ3v) is 6.83. The van der Waals surface area contributed by atoms with Gasteiger partial charge in [-0.05, 0) is 42.2 Å². The molecule has 2 aromatic rings. The van der Waals surface area contributed by atoms with E-state index >= 15 is 0 Å². The lowest BCUT2D eigenvalue weighted by molar-refractivity contribution is -0.165. The highest BCUT2D eigenvalue weighted by Crippen LogP contribution is 2.44. The predicted molar refractivity (Wildman–Crippen MR) is 136 cm³/mol. The molecule has 1 fully saturated rings. The summed E-state index contributed by atoms with van der Waals surface area (Å²) in [5, 5.41) is 0. The summed E-state index contributed by atoms with van der Waals surface area (Å²) in [6, 6.07) is 19.3. The topological polar surface area (TPSA) is 65.1 Å². The number of benzene rings is 2. The van der Waals surface area contributed by atoms with Crippen molar-refractivity contribution in [2.24, 2.45) is 16.7 Å². The molecule has 0 aromatic heterocycles. The van der Waals surface area contributed by atoms with Gasteiger partial charge in [-0.1, -0.05) is 81.4 Å². The number of rotatable bonds is 9. The Morgan fingerprint density at radius 1 is 0.943 bits per heavy atom. The number of carbonyl (C=O) groups excluding carboxylic acids is 2. The van der Waals surface area contributed by atoms with Crippen LogP contribution in [0, 0.1) is 16.7 Å². The Balaban J connectivity index is 1.81. The van der Waals surface area contributed by atoms with E-state index in [2.05, 4.69) is 20.8 Å². The van der Waals surface area contributed by atoms with Gasteiger partial charge in [-0.25, -0.2) is 4.79 Å². The van der Waals surface area contributed by atoms with Crippen molar-refractivity contribution in [3.05, 3.63) is 71.8 Å². The quantitative estimate of drug-likeness (QED) is 0.332. The first-order valence-corrected chi connectivity index (χ1v) is 12.5. The number of carbonyl (C=O) groups is 2. The monoisotopic (exact) mass is 481 g/mol. The van der Waals surface area contributed by atoms with Crippen LogP contribution in [-0.4, -0.2) is 43.3 Å². The number of nitrogens with zero attached hydrogens (tertiary/aromatic N) is 1. The second-order valence-electron chi connectivity index (χ2n) is 10.5. The molecule has 2 atom stereocenters. The van der Waals surface area contributed by atoms with Crippen molar-refractivity contribution in [2.75, 3.05) is 26.3 Å². The zero-order valence-corrected chi connectivity index (χ0v) is 21.5. The van der Waals surface area contributed by atoms with E-state index in [1.165, 1.54) is 0 Å². The van der Waals surface area contributed by atoms with Crippen molar-refractivity contribution in [3.63, 3.8) is 0 Å². The molecule has 1 amide bonds. The first-order chi connectivity index (χ1) is 16.7. The zero-order valence-electron chi connectivity index (χ0n) is 21.5. The number of piperidine rings is 1. The summed E-state index contributed by atoms with van der Waals surface area (Å²) in [7, 11) is 0. The second-order valence-corrected chi connectivity index (χ2v) is 10.5. The van der Waals surface area contributed by atoms with Crippen LogP contribution in [0.4, 0.5) is 4.79 Å². The molecule has 35 heavy (non-hydrogen) atoms. The Bertz CT molecular complexity index is 941. The molecule has 6 heteroatoms. The van der Waals surface area contributed by atoms with Crippen molar-refractivity contribution in [3.8, 4) is 0 Å². The highest BCUT2D eigenvalue weighted by Gasteiger charge is 2.50. The fraction of sp³-hybridized carbons (Fsp3) is 0.517. The number of amides is 1. The van der Waals surface area contributed by atoms with Gasteiger partial charge in [0.15, 0.2) is 0 Å². The van der Waals surface area contributed by atoms with Gasteiger partial charge in [-0.2, -0.15) is 0 Å². The molecule has 2 aromatic carbocycles. The molecule has 0 spiro atoms. The van der Waals surface area contributed by atoms with Crippen LogP contribution >= 0.6 is 0 Å². The van der Waals surface area contributed by atoms with E-state index in [-0.39, 0.29) is 37.1 Å². The molecule has 3 rings (SSSR count). The van der Waals surface area contributed by atoms with Gasteiger partial charge < -0.3 is 19.1 Å². The maximum absolute atomic E-state index is 13.7. The molecule has 0 bridgehead atoms. The van der Waals surface area contributed by atoms with Crippen molar-refractivity contribution < 1.29 is 23.8 Å². The molecule has 0 unspecified atom stereocenters. The van der Waals surface area contributed by atoms with Crippen LogP contribution < -0.4 is 0 Å². The first kappa shape index (κ1) is 26.7. The van der Waals surface area contributed by atoms with Crippen molar-refractivity contribution in [1.29, 1.82) is 0 Å². The summed E-state index contributed by atoms with van der Waals surface area (Å²) >= 11 is 0. The SMILES string of the molecule is CCOCC[C@@]1(C(=O)OCc2ccccc2)C[C@@H](C(C)(C)C)CN(C(=O)OCc2ccccc2)C1. The Morgan fingerprint density at radius 3 is 2.06 bits per heavy atom. The molecular formula is C29H39NO5. The lowest BCUT2D eigenvalue weighted by Crippen LogP contribution is -2.56. The van der Waals surface area contributed by atoms with Crippen LogP contribution in [0.5, 0.6) is 0 Å². The largest absolute Gasteiger partial charge is 0.460 e. The Morgan fingerprint density at radius 2 is 1.51 bits per heavy atom. The standard InChI is InChI=1S/C29H39NO5/c1-5-33-17-16-29(26(31)34-20-23-12-8-6-9-13-23)18-25(28(2,3)4)19-30(22-29)27(32)35-21-24-14-10-7-11-15-24/h6-15,25H,5,16-22H2,1-4H3/t25-,29-/m1/s1. The van der Waals surface area contributed by atoms with E-state index in [1.807, 2.05) is 67.6 Å². The number of hydrogen-bond acceptors (Lipinski definition) is 5. The summed E-state index contributed by atoms with van der Waals surface area (Å²) < 4.78 is 17.2. The third-order valence-electron chi connectivity index (χ3n) is 6.83. The van der Waals surface area contributed by atoms with Gasteiger partial charge in [0.1, 0.15) is 13.2 Å². The van der Waals surface area contributed by atoms with E-state index in [4.69, 9.17) is 14.2 Å². The molecule has 0 radical (unpaired) electrons. The highest BCUT2D eigenvalue weighted by molar-refractivity contribution is 5.79. The van der Waals surface area contributed by atoms with Crippen LogP contribution in [0.3, 0.4) is 0 Å². The lowest BCUT2D eigenvalue weighted by Gasteiger charge is -2.48. The van der Waals surface area contributed by atoms with Gasteiger partial charge in [-0.3, -0.25) is 4.79 Å². The van der Waals surface area contributed by atoms with Crippen molar-refractivity contribution in [1.82, 2.24) is 4.90 Å². The normalized spacial score (nSPS) is 20.3. The van der Waals surface area contributed by atoms with E-state index in [0.717, 1.165) is 11.1 Å². The summed E-state index contributed by atoms with van der Waals surface area (Å²) in [5.74, 6) is -0.178.